The van der Waals surface area contributed by atoms with Crippen molar-refractivity contribution in [2.45, 2.75) is 19.8 Å². The molecule has 6 heteroatoms. The largest absolute Gasteiger partial charge is 0.481 e. The molecule has 1 heterocycles. The van der Waals surface area contributed by atoms with Crippen LogP contribution in [0.25, 0.3) is 10.9 Å². The van der Waals surface area contributed by atoms with Crippen LogP contribution in [0.2, 0.25) is 0 Å². The van der Waals surface area contributed by atoms with E-state index in [9.17, 15) is 18.4 Å². The first-order valence-electron chi connectivity index (χ1n) is 6.02. The normalized spacial score (nSPS) is 11.0. The van der Waals surface area contributed by atoms with Crippen LogP contribution in [0.15, 0.2) is 16.9 Å². The second-order valence-electron chi connectivity index (χ2n) is 4.63. The monoisotopic (exact) mass is 281 g/mol. The molecule has 0 spiro atoms. The molecular weight excluding hydrogens is 268 g/mol. The van der Waals surface area contributed by atoms with E-state index in [0.29, 0.717) is 5.69 Å². The van der Waals surface area contributed by atoms with Crippen LogP contribution in [0.4, 0.5) is 8.78 Å². The van der Waals surface area contributed by atoms with E-state index < -0.39 is 23.0 Å². The smallest absolute Gasteiger partial charge is 0.303 e. The second kappa shape index (κ2) is 5.03. The lowest BCUT2D eigenvalue weighted by Gasteiger charge is -2.14. The number of fused-ring (bicyclic) bond motifs is 1. The maximum absolute atomic E-state index is 13.8. The van der Waals surface area contributed by atoms with E-state index in [2.05, 4.69) is 0 Å². The summed E-state index contributed by atoms with van der Waals surface area (Å²) in [6.07, 6.45) is -0.179. The van der Waals surface area contributed by atoms with Crippen LogP contribution in [0.3, 0.4) is 0 Å². The fourth-order valence-corrected chi connectivity index (χ4v) is 2.30. The molecule has 0 aliphatic heterocycles. The van der Waals surface area contributed by atoms with Gasteiger partial charge in [0, 0.05) is 30.8 Å². The van der Waals surface area contributed by atoms with Crippen LogP contribution >= 0.6 is 0 Å². The number of carboxylic acid groups (broad SMARTS) is 1. The highest BCUT2D eigenvalue weighted by atomic mass is 19.1. The van der Waals surface area contributed by atoms with E-state index in [1.807, 2.05) is 0 Å². The minimum Gasteiger partial charge on any atom is -0.481 e. The van der Waals surface area contributed by atoms with Crippen molar-refractivity contribution in [3.05, 3.63) is 45.2 Å². The molecule has 0 saturated heterocycles. The Labute approximate surface area is 113 Å². The van der Waals surface area contributed by atoms with Gasteiger partial charge in [0.25, 0.3) is 0 Å². The van der Waals surface area contributed by atoms with Gasteiger partial charge in [-0.25, -0.2) is 8.78 Å². The Kier molecular flexibility index (Phi) is 3.57. The van der Waals surface area contributed by atoms with Crippen LogP contribution in [0, 0.1) is 18.6 Å². The summed E-state index contributed by atoms with van der Waals surface area (Å²) >= 11 is 0. The number of rotatable bonds is 3. The predicted octanol–water partition coefficient (Wildman–Crippen LogP) is 2.14. The van der Waals surface area contributed by atoms with Crippen LogP contribution in [-0.4, -0.2) is 15.6 Å². The lowest BCUT2D eigenvalue weighted by atomic mass is 10.0. The standard InChI is InChI=1S/C14H13F2NO3/c1-7-9(3-4-12(18)19)14(20)10-5-8(15)6-11(16)13(10)17(7)2/h5-6H,3-4H2,1-2H3,(H,18,19). The van der Waals surface area contributed by atoms with Crippen LogP contribution < -0.4 is 5.43 Å². The molecule has 0 unspecified atom stereocenters. The molecule has 0 aliphatic rings. The van der Waals surface area contributed by atoms with Gasteiger partial charge >= 0.3 is 5.97 Å². The van der Waals surface area contributed by atoms with Crippen molar-refractivity contribution in [1.82, 2.24) is 4.57 Å². The van der Waals surface area contributed by atoms with Crippen molar-refractivity contribution in [3.8, 4) is 0 Å². The molecule has 2 aromatic rings. The highest BCUT2D eigenvalue weighted by Gasteiger charge is 2.16. The summed E-state index contributed by atoms with van der Waals surface area (Å²) in [5.74, 6) is -2.68. The number of aromatic nitrogens is 1. The van der Waals surface area contributed by atoms with Gasteiger partial charge < -0.3 is 9.67 Å². The van der Waals surface area contributed by atoms with Gasteiger partial charge in [0.05, 0.1) is 10.9 Å². The first-order chi connectivity index (χ1) is 9.32. The summed E-state index contributed by atoms with van der Waals surface area (Å²) in [5, 5.41) is 8.63. The molecule has 2 rings (SSSR count). The van der Waals surface area contributed by atoms with Gasteiger partial charge in [0.1, 0.15) is 11.6 Å². The molecule has 0 bridgehead atoms. The van der Waals surface area contributed by atoms with Crippen molar-refractivity contribution < 1.29 is 18.7 Å². The molecule has 0 saturated carbocycles. The fraction of sp³-hybridized carbons (Fsp3) is 0.286. The second-order valence-corrected chi connectivity index (χ2v) is 4.63. The molecule has 0 fully saturated rings. The highest BCUT2D eigenvalue weighted by Crippen LogP contribution is 2.20. The minimum atomic E-state index is -1.03. The lowest BCUT2D eigenvalue weighted by molar-refractivity contribution is -0.136. The molecule has 1 aromatic heterocycles. The van der Waals surface area contributed by atoms with Gasteiger partial charge in [-0.05, 0) is 19.4 Å². The van der Waals surface area contributed by atoms with Crippen LogP contribution in [0.1, 0.15) is 17.7 Å². The first kappa shape index (κ1) is 14.2. The van der Waals surface area contributed by atoms with E-state index in [0.717, 1.165) is 12.1 Å². The van der Waals surface area contributed by atoms with Crippen LogP contribution in [0.5, 0.6) is 0 Å². The minimum absolute atomic E-state index is 0.0213. The third-order valence-corrected chi connectivity index (χ3v) is 3.41. The number of aliphatic carboxylic acids is 1. The third kappa shape index (κ3) is 2.29. The van der Waals surface area contributed by atoms with Crippen LogP contribution in [-0.2, 0) is 18.3 Å². The summed E-state index contributed by atoms with van der Waals surface area (Å²) in [4.78, 5) is 22.9. The number of pyridine rings is 1. The van der Waals surface area contributed by atoms with Crippen molar-refractivity contribution in [1.29, 1.82) is 0 Å². The predicted molar refractivity (Wildman–Crippen MR) is 69.8 cm³/mol. The first-order valence-corrected chi connectivity index (χ1v) is 6.02. The number of halogens is 2. The number of benzene rings is 1. The van der Waals surface area contributed by atoms with Gasteiger partial charge in [-0.15, -0.1) is 0 Å². The maximum atomic E-state index is 13.8. The van der Waals surface area contributed by atoms with Gasteiger partial charge in [0.2, 0.25) is 0 Å². The fourth-order valence-electron chi connectivity index (χ4n) is 2.30. The van der Waals surface area contributed by atoms with E-state index in [1.165, 1.54) is 4.57 Å². The van der Waals surface area contributed by atoms with Crippen molar-refractivity contribution >= 4 is 16.9 Å². The third-order valence-electron chi connectivity index (χ3n) is 3.41. The quantitative estimate of drug-likeness (QED) is 0.937. The molecule has 0 radical (unpaired) electrons. The SMILES string of the molecule is Cc1c(CCC(=O)O)c(=O)c2cc(F)cc(F)c2n1C. The van der Waals surface area contributed by atoms with Gasteiger partial charge in [-0.2, -0.15) is 0 Å². The Morgan fingerprint density at radius 3 is 2.60 bits per heavy atom. The Morgan fingerprint density at radius 2 is 2.00 bits per heavy atom. The maximum Gasteiger partial charge on any atom is 0.303 e. The number of hydrogen-bond acceptors (Lipinski definition) is 2. The molecule has 1 aromatic carbocycles. The average molecular weight is 281 g/mol. The Bertz CT molecular complexity index is 765. The summed E-state index contributed by atoms with van der Waals surface area (Å²) in [5.41, 5.74) is 0.255. The van der Waals surface area contributed by atoms with Crippen molar-refractivity contribution in [2.75, 3.05) is 0 Å². The summed E-state index contributed by atoms with van der Waals surface area (Å²) in [6.45, 7) is 1.61. The topological polar surface area (TPSA) is 59.3 Å². The number of carbonyl (C=O) groups is 1. The number of hydrogen-bond donors (Lipinski definition) is 1. The Hall–Kier alpha value is -2.24. The molecule has 0 aliphatic carbocycles. The molecule has 4 nitrogen and oxygen atoms in total. The van der Waals surface area contributed by atoms with Gasteiger partial charge in [-0.1, -0.05) is 0 Å². The van der Waals surface area contributed by atoms with Gasteiger partial charge in [-0.3, -0.25) is 9.59 Å². The number of nitrogens with zero attached hydrogens (tertiary/aromatic N) is 1. The van der Waals surface area contributed by atoms with Crippen molar-refractivity contribution in [3.63, 3.8) is 0 Å². The van der Waals surface area contributed by atoms with E-state index in [4.69, 9.17) is 5.11 Å². The summed E-state index contributed by atoms with van der Waals surface area (Å²) in [6, 6.07) is 1.70. The van der Waals surface area contributed by atoms with E-state index in [-0.39, 0.29) is 29.3 Å². The zero-order chi connectivity index (χ0) is 15.0. The lowest BCUT2D eigenvalue weighted by Crippen LogP contribution is -2.19. The van der Waals surface area contributed by atoms with E-state index in [1.54, 1.807) is 14.0 Å². The zero-order valence-electron chi connectivity index (χ0n) is 11.0. The average Bonchev–Trinajstić information content (AvgIpc) is 2.35. The molecule has 1 N–H and O–H groups in total. The zero-order valence-corrected chi connectivity index (χ0v) is 11.0. The van der Waals surface area contributed by atoms with Gasteiger partial charge in [0.15, 0.2) is 5.43 Å². The summed E-state index contributed by atoms with van der Waals surface area (Å²) in [7, 11) is 1.56. The molecule has 0 atom stereocenters. The molecule has 106 valence electrons. The molecule has 20 heavy (non-hydrogen) atoms. The Morgan fingerprint density at radius 1 is 1.35 bits per heavy atom. The highest BCUT2D eigenvalue weighted by molar-refractivity contribution is 5.81. The Balaban J connectivity index is 2.79. The van der Waals surface area contributed by atoms with Crippen molar-refractivity contribution in [2.24, 2.45) is 7.05 Å². The summed E-state index contributed by atoms with van der Waals surface area (Å²) < 4.78 is 28.5. The number of carboxylic acids is 1. The molecule has 0 amide bonds. The van der Waals surface area contributed by atoms with E-state index >= 15 is 0 Å². The number of aryl methyl sites for hydroxylation is 1. The molecular formula is C14H13F2NO3.